The summed E-state index contributed by atoms with van der Waals surface area (Å²) in [4.78, 5) is 0. The molecule has 0 N–H and O–H groups in total. The summed E-state index contributed by atoms with van der Waals surface area (Å²) in [6.07, 6.45) is -4.07. The fourth-order valence-corrected chi connectivity index (χ4v) is 3.39. The van der Waals surface area contributed by atoms with Gasteiger partial charge in [-0.15, -0.1) is 0 Å². The Morgan fingerprint density at radius 2 is 1.09 bits per heavy atom. The molecular formula is C26H15F7O. The monoisotopic (exact) mass is 476 g/mol. The summed E-state index contributed by atoms with van der Waals surface area (Å²) < 4.78 is 102. The number of alkyl halides is 2. The van der Waals surface area contributed by atoms with E-state index in [0.717, 1.165) is 42.0 Å². The number of rotatable bonds is 5. The van der Waals surface area contributed by atoms with Gasteiger partial charge in [-0.2, -0.15) is 8.78 Å². The minimum absolute atomic E-state index is 0.0103. The Bertz CT molecular complexity index is 1300. The summed E-state index contributed by atoms with van der Waals surface area (Å²) >= 11 is 0. The topological polar surface area (TPSA) is 9.23 Å². The van der Waals surface area contributed by atoms with Crippen molar-refractivity contribution in [2.24, 2.45) is 0 Å². The van der Waals surface area contributed by atoms with Crippen molar-refractivity contribution in [3.8, 4) is 28.0 Å². The Hall–Kier alpha value is -3.81. The molecule has 0 radical (unpaired) electrons. The van der Waals surface area contributed by atoms with Crippen LogP contribution in [0.25, 0.3) is 22.3 Å². The SMILES string of the molecule is Cc1ccc(-c2cc(F)c(-c3ccc(C(F)(F)Oc4cc(F)c(F)c(F)c4)cc3)c(F)c2)cc1. The van der Waals surface area contributed by atoms with Gasteiger partial charge in [-0.1, -0.05) is 42.0 Å². The van der Waals surface area contributed by atoms with E-state index in [9.17, 15) is 30.7 Å². The molecule has 0 aliphatic rings. The largest absolute Gasteiger partial charge is 0.429 e. The Balaban J connectivity index is 1.61. The van der Waals surface area contributed by atoms with Crippen LogP contribution in [0.3, 0.4) is 0 Å². The maximum atomic E-state index is 14.8. The maximum Gasteiger partial charge on any atom is 0.426 e. The normalized spacial score (nSPS) is 11.5. The van der Waals surface area contributed by atoms with E-state index >= 15 is 0 Å². The molecule has 8 heteroatoms. The Kier molecular flexibility index (Phi) is 6.08. The predicted molar refractivity (Wildman–Crippen MR) is 113 cm³/mol. The number of hydrogen-bond donors (Lipinski definition) is 0. The molecule has 0 fully saturated rings. The van der Waals surface area contributed by atoms with E-state index in [0.29, 0.717) is 11.1 Å². The molecule has 4 aromatic carbocycles. The van der Waals surface area contributed by atoms with Crippen molar-refractivity contribution in [3.05, 3.63) is 113 Å². The molecule has 0 unspecified atom stereocenters. The zero-order valence-electron chi connectivity index (χ0n) is 17.5. The molecule has 0 bridgehead atoms. The van der Waals surface area contributed by atoms with Crippen LogP contribution < -0.4 is 4.74 Å². The molecular weight excluding hydrogens is 461 g/mol. The van der Waals surface area contributed by atoms with Gasteiger partial charge in [0, 0.05) is 12.1 Å². The van der Waals surface area contributed by atoms with Crippen LogP contribution in [0.1, 0.15) is 11.1 Å². The third-order valence-electron chi connectivity index (χ3n) is 5.14. The molecule has 4 rings (SSSR count). The van der Waals surface area contributed by atoms with Gasteiger partial charge in [0.2, 0.25) is 0 Å². The van der Waals surface area contributed by atoms with Gasteiger partial charge in [0.1, 0.15) is 17.4 Å². The van der Waals surface area contributed by atoms with E-state index < -0.39 is 52.1 Å². The van der Waals surface area contributed by atoms with Crippen LogP contribution in [0.5, 0.6) is 5.75 Å². The molecule has 0 aliphatic carbocycles. The third-order valence-corrected chi connectivity index (χ3v) is 5.14. The van der Waals surface area contributed by atoms with E-state index in [4.69, 9.17) is 0 Å². The van der Waals surface area contributed by atoms with Gasteiger partial charge >= 0.3 is 6.11 Å². The highest BCUT2D eigenvalue weighted by atomic mass is 19.3. The fourth-order valence-electron chi connectivity index (χ4n) is 3.39. The number of ether oxygens (including phenoxy) is 1. The van der Waals surface area contributed by atoms with Gasteiger partial charge in [0.15, 0.2) is 17.5 Å². The van der Waals surface area contributed by atoms with Gasteiger partial charge in [0.25, 0.3) is 0 Å². The van der Waals surface area contributed by atoms with Gasteiger partial charge in [-0.25, -0.2) is 22.0 Å². The molecule has 0 aliphatic heterocycles. The lowest BCUT2D eigenvalue weighted by molar-refractivity contribution is -0.185. The second-order valence-electron chi connectivity index (χ2n) is 7.58. The molecule has 34 heavy (non-hydrogen) atoms. The van der Waals surface area contributed by atoms with E-state index in [1.54, 1.807) is 24.3 Å². The maximum absolute atomic E-state index is 14.8. The lowest BCUT2D eigenvalue weighted by Crippen LogP contribution is -2.22. The molecule has 0 aromatic heterocycles. The highest BCUT2D eigenvalue weighted by Gasteiger charge is 2.35. The van der Waals surface area contributed by atoms with Crippen molar-refractivity contribution in [2.75, 3.05) is 0 Å². The summed E-state index contributed by atoms with van der Waals surface area (Å²) in [7, 11) is 0. The Morgan fingerprint density at radius 1 is 0.588 bits per heavy atom. The smallest absolute Gasteiger partial charge is 0.426 e. The molecule has 1 nitrogen and oxygen atoms in total. The molecule has 0 saturated carbocycles. The van der Waals surface area contributed by atoms with E-state index in [1.807, 2.05) is 6.92 Å². The van der Waals surface area contributed by atoms with Gasteiger partial charge in [-0.3, -0.25) is 0 Å². The van der Waals surface area contributed by atoms with Crippen molar-refractivity contribution >= 4 is 0 Å². The molecule has 0 amide bonds. The second-order valence-corrected chi connectivity index (χ2v) is 7.58. The number of aryl methyl sites for hydroxylation is 1. The van der Waals surface area contributed by atoms with Gasteiger partial charge in [-0.05, 0) is 47.9 Å². The molecule has 174 valence electrons. The average molecular weight is 476 g/mol. The number of halogens is 7. The first-order valence-corrected chi connectivity index (χ1v) is 9.93. The van der Waals surface area contributed by atoms with Crippen LogP contribution in [0.15, 0.2) is 72.8 Å². The van der Waals surface area contributed by atoms with Crippen molar-refractivity contribution < 1.29 is 35.5 Å². The fraction of sp³-hybridized carbons (Fsp3) is 0.0769. The van der Waals surface area contributed by atoms with Crippen molar-refractivity contribution in [1.29, 1.82) is 0 Å². The van der Waals surface area contributed by atoms with Crippen molar-refractivity contribution in [2.45, 2.75) is 13.0 Å². The quantitative estimate of drug-likeness (QED) is 0.209. The molecule has 0 heterocycles. The summed E-state index contributed by atoms with van der Waals surface area (Å²) in [5, 5.41) is 0. The summed E-state index contributed by atoms with van der Waals surface area (Å²) in [6, 6.07) is 13.7. The predicted octanol–water partition coefficient (Wildman–Crippen LogP) is 8.15. The van der Waals surface area contributed by atoms with Crippen LogP contribution in [0.4, 0.5) is 30.7 Å². The molecule has 0 spiro atoms. The van der Waals surface area contributed by atoms with Crippen LogP contribution in [-0.4, -0.2) is 0 Å². The van der Waals surface area contributed by atoms with Gasteiger partial charge < -0.3 is 4.74 Å². The molecule has 4 aromatic rings. The minimum atomic E-state index is -4.07. The first-order valence-electron chi connectivity index (χ1n) is 9.93. The van der Waals surface area contributed by atoms with E-state index in [1.165, 1.54) is 0 Å². The zero-order chi connectivity index (χ0) is 24.6. The lowest BCUT2D eigenvalue weighted by atomic mass is 9.97. The highest BCUT2D eigenvalue weighted by molar-refractivity contribution is 5.72. The van der Waals surface area contributed by atoms with Crippen molar-refractivity contribution in [1.82, 2.24) is 0 Å². The molecule has 0 atom stereocenters. The summed E-state index contributed by atoms with van der Waals surface area (Å²) in [6.45, 7) is 1.88. The summed E-state index contributed by atoms with van der Waals surface area (Å²) in [5.74, 6) is -7.92. The van der Waals surface area contributed by atoms with Crippen LogP contribution >= 0.6 is 0 Å². The Labute approximate surface area is 190 Å². The third kappa shape index (κ3) is 4.62. The number of hydrogen-bond acceptors (Lipinski definition) is 1. The van der Waals surface area contributed by atoms with Crippen LogP contribution in [0, 0.1) is 36.0 Å². The number of benzene rings is 4. The first-order chi connectivity index (χ1) is 16.0. The van der Waals surface area contributed by atoms with Crippen LogP contribution in [0.2, 0.25) is 0 Å². The standard InChI is InChI=1S/C26H15F7O/c1-14-2-4-15(5-3-14)17-10-20(27)24(21(28)11-17)16-6-8-18(9-7-16)26(32,33)34-19-12-22(29)25(31)23(30)13-19/h2-13H,1H3. The van der Waals surface area contributed by atoms with Crippen LogP contribution in [-0.2, 0) is 6.11 Å². The van der Waals surface area contributed by atoms with E-state index in [2.05, 4.69) is 4.74 Å². The van der Waals surface area contributed by atoms with Crippen molar-refractivity contribution in [3.63, 3.8) is 0 Å². The van der Waals surface area contributed by atoms with E-state index in [-0.39, 0.29) is 17.7 Å². The zero-order valence-corrected chi connectivity index (χ0v) is 17.5. The minimum Gasteiger partial charge on any atom is -0.429 e. The second kappa shape index (κ2) is 8.85. The Morgan fingerprint density at radius 3 is 1.62 bits per heavy atom. The highest BCUT2D eigenvalue weighted by Crippen LogP contribution is 2.36. The first kappa shape index (κ1) is 23.4. The molecule has 0 saturated heterocycles. The lowest BCUT2D eigenvalue weighted by Gasteiger charge is -2.19. The summed E-state index contributed by atoms with van der Waals surface area (Å²) in [5.41, 5.74) is 0.735. The average Bonchev–Trinajstić information content (AvgIpc) is 2.77. The van der Waals surface area contributed by atoms with Gasteiger partial charge in [0.05, 0.1) is 11.1 Å².